The van der Waals surface area contributed by atoms with Crippen molar-refractivity contribution in [1.82, 2.24) is 0 Å². The number of hydrogen-bond acceptors (Lipinski definition) is 7. The molecule has 7 heteroatoms. The Labute approximate surface area is 144 Å². The number of rotatable bonds is 15. The first-order valence-corrected chi connectivity index (χ1v) is 8.95. The van der Waals surface area contributed by atoms with Gasteiger partial charge in [0, 0.05) is 13.0 Å². The zero-order valence-electron chi connectivity index (χ0n) is 14.8. The highest BCUT2D eigenvalue weighted by Gasteiger charge is 2.13. The van der Waals surface area contributed by atoms with E-state index in [1.54, 1.807) is 0 Å². The summed E-state index contributed by atoms with van der Waals surface area (Å²) in [6.45, 7) is 6.56. The fraction of sp³-hybridized carbons (Fsp3) is 0.941. The highest BCUT2D eigenvalue weighted by atomic mass is 16.7. The van der Waals surface area contributed by atoms with Crippen LogP contribution in [0.3, 0.4) is 0 Å². The van der Waals surface area contributed by atoms with E-state index in [4.69, 9.17) is 28.4 Å². The van der Waals surface area contributed by atoms with Gasteiger partial charge in [0.25, 0.3) is 0 Å². The first-order chi connectivity index (χ1) is 11.8. The van der Waals surface area contributed by atoms with Gasteiger partial charge in [-0.15, -0.1) is 0 Å². The molecule has 0 bridgehead atoms. The van der Waals surface area contributed by atoms with Gasteiger partial charge in [-0.2, -0.15) is 0 Å². The Hall–Kier alpha value is -0.730. The molecule has 1 atom stereocenters. The first kappa shape index (κ1) is 21.3. The second kappa shape index (κ2) is 15.8. The third-order valence-electron chi connectivity index (χ3n) is 3.36. The molecule has 0 aromatic heterocycles. The summed E-state index contributed by atoms with van der Waals surface area (Å²) in [6.07, 6.45) is 4.47. The standard InChI is InChI=1S/C17H32O7/c1-2-5-16(18)22-14-12-20-10-8-19-9-11-21-13-15-24-17-6-3-4-7-23-17/h17H,2-15H2,1H3. The molecule has 0 amide bonds. The first-order valence-electron chi connectivity index (χ1n) is 8.95. The van der Waals surface area contributed by atoms with Crippen LogP contribution in [-0.4, -0.2) is 71.7 Å². The van der Waals surface area contributed by atoms with Crippen molar-refractivity contribution in [2.24, 2.45) is 0 Å². The van der Waals surface area contributed by atoms with Gasteiger partial charge in [0.2, 0.25) is 0 Å². The molecule has 0 aliphatic carbocycles. The average Bonchev–Trinajstić information content (AvgIpc) is 2.60. The molecule has 142 valence electrons. The predicted octanol–water partition coefficient (Wildman–Crippen LogP) is 1.92. The van der Waals surface area contributed by atoms with E-state index in [-0.39, 0.29) is 12.3 Å². The maximum atomic E-state index is 11.1. The third-order valence-corrected chi connectivity index (χ3v) is 3.36. The minimum Gasteiger partial charge on any atom is -0.463 e. The average molecular weight is 348 g/mol. The SMILES string of the molecule is CCCC(=O)OCCOCCOCCOCCOC1CCCCO1. The van der Waals surface area contributed by atoms with E-state index in [1.165, 1.54) is 6.42 Å². The molecular weight excluding hydrogens is 316 g/mol. The zero-order valence-corrected chi connectivity index (χ0v) is 14.8. The van der Waals surface area contributed by atoms with Crippen molar-refractivity contribution in [2.75, 3.05) is 59.5 Å². The summed E-state index contributed by atoms with van der Waals surface area (Å²) in [5, 5.41) is 0. The predicted molar refractivity (Wildman–Crippen MR) is 87.9 cm³/mol. The quantitative estimate of drug-likeness (QED) is 0.331. The van der Waals surface area contributed by atoms with Gasteiger partial charge >= 0.3 is 5.97 Å². The summed E-state index contributed by atoms with van der Waals surface area (Å²) in [7, 11) is 0. The van der Waals surface area contributed by atoms with Crippen LogP contribution in [0.4, 0.5) is 0 Å². The van der Waals surface area contributed by atoms with Gasteiger partial charge in [-0.3, -0.25) is 4.79 Å². The fourth-order valence-corrected chi connectivity index (χ4v) is 2.11. The Kier molecular flexibility index (Phi) is 14.0. The largest absolute Gasteiger partial charge is 0.463 e. The van der Waals surface area contributed by atoms with Gasteiger partial charge in [0.15, 0.2) is 6.29 Å². The summed E-state index contributed by atoms with van der Waals surface area (Å²) in [6, 6.07) is 0. The van der Waals surface area contributed by atoms with Crippen molar-refractivity contribution in [2.45, 2.75) is 45.3 Å². The number of esters is 1. The van der Waals surface area contributed by atoms with Gasteiger partial charge in [0.05, 0.1) is 46.2 Å². The van der Waals surface area contributed by atoms with Crippen LogP contribution in [0.2, 0.25) is 0 Å². The van der Waals surface area contributed by atoms with E-state index in [0.29, 0.717) is 59.3 Å². The van der Waals surface area contributed by atoms with Crippen LogP contribution in [-0.2, 0) is 33.2 Å². The van der Waals surface area contributed by atoms with Gasteiger partial charge in [-0.1, -0.05) is 6.92 Å². The van der Waals surface area contributed by atoms with Crippen molar-refractivity contribution in [3.05, 3.63) is 0 Å². The number of carbonyl (C=O) groups excluding carboxylic acids is 1. The third kappa shape index (κ3) is 12.7. The molecule has 7 nitrogen and oxygen atoms in total. The number of carbonyl (C=O) groups is 1. The molecule has 24 heavy (non-hydrogen) atoms. The molecular formula is C17H32O7. The lowest BCUT2D eigenvalue weighted by Gasteiger charge is -2.22. The number of hydrogen-bond donors (Lipinski definition) is 0. The van der Waals surface area contributed by atoms with Crippen LogP contribution >= 0.6 is 0 Å². The Morgan fingerprint density at radius 2 is 1.54 bits per heavy atom. The molecule has 1 unspecified atom stereocenters. The van der Waals surface area contributed by atoms with Crippen molar-refractivity contribution in [3.8, 4) is 0 Å². The summed E-state index contributed by atoms with van der Waals surface area (Å²) < 4.78 is 32.1. The van der Waals surface area contributed by atoms with Crippen molar-refractivity contribution in [1.29, 1.82) is 0 Å². The Morgan fingerprint density at radius 1 is 0.917 bits per heavy atom. The van der Waals surface area contributed by atoms with E-state index in [1.807, 2.05) is 6.92 Å². The smallest absolute Gasteiger partial charge is 0.305 e. The maximum Gasteiger partial charge on any atom is 0.305 e. The second-order valence-corrected chi connectivity index (χ2v) is 5.47. The lowest BCUT2D eigenvalue weighted by molar-refractivity contribution is -0.169. The van der Waals surface area contributed by atoms with Gasteiger partial charge in [-0.25, -0.2) is 0 Å². The molecule has 0 radical (unpaired) electrons. The number of ether oxygens (including phenoxy) is 6. The molecule has 1 rings (SSSR count). The highest BCUT2D eigenvalue weighted by Crippen LogP contribution is 2.13. The molecule has 0 aromatic carbocycles. The van der Waals surface area contributed by atoms with Crippen LogP contribution in [0, 0.1) is 0 Å². The van der Waals surface area contributed by atoms with Crippen molar-refractivity contribution < 1.29 is 33.2 Å². The lowest BCUT2D eigenvalue weighted by Crippen LogP contribution is -2.24. The lowest BCUT2D eigenvalue weighted by atomic mass is 10.2. The minimum absolute atomic E-state index is 0.0583. The monoisotopic (exact) mass is 348 g/mol. The van der Waals surface area contributed by atoms with Crippen LogP contribution in [0.15, 0.2) is 0 Å². The van der Waals surface area contributed by atoms with Crippen LogP contribution < -0.4 is 0 Å². The summed E-state index contributed by atoms with van der Waals surface area (Å²) >= 11 is 0. The molecule has 0 saturated carbocycles. The summed E-state index contributed by atoms with van der Waals surface area (Å²) in [4.78, 5) is 11.1. The van der Waals surface area contributed by atoms with E-state index < -0.39 is 0 Å². The summed E-state index contributed by atoms with van der Waals surface area (Å²) in [5.41, 5.74) is 0. The topological polar surface area (TPSA) is 72.5 Å². The molecule has 1 aliphatic heterocycles. The molecule has 1 heterocycles. The Morgan fingerprint density at radius 3 is 2.12 bits per heavy atom. The van der Waals surface area contributed by atoms with Gasteiger partial charge in [-0.05, 0) is 25.7 Å². The van der Waals surface area contributed by atoms with E-state index in [2.05, 4.69) is 0 Å². The highest BCUT2D eigenvalue weighted by molar-refractivity contribution is 5.69. The Balaban J connectivity index is 1.71. The molecule has 0 spiro atoms. The fourth-order valence-electron chi connectivity index (χ4n) is 2.11. The minimum atomic E-state index is -0.173. The summed E-state index contributed by atoms with van der Waals surface area (Å²) in [5.74, 6) is -0.173. The van der Waals surface area contributed by atoms with E-state index in [9.17, 15) is 4.79 Å². The molecule has 1 fully saturated rings. The van der Waals surface area contributed by atoms with Crippen molar-refractivity contribution in [3.63, 3.8) is 0 Å². The van der Waals surface area contributed by atoms with Crippen molar-refractivity contribution >= 4 is 5.97 Å². The van der Waals surface area contributed by atoms with Crippen LogP contribution in [0.5, 0.6) is 0 Å². The van der Waals surface area contributed by atoms with Gasteiger partial charge < -0.3 is 28.4 Å². The van der Waals surface area contributed by atoms with Crippen LogP contribution in [0.1, 0.15) is 39.0 Å². The van der Waals surface area contributed by atoms with E-state index in [0.717, 1.165) is 25.9 Å². The molecule has 1 aliphatic rings. The maximum absolute atomic E-state index is 11.1. The van der Waals surface area contributed by atoms with E-state index >= 15 is 0 Å². The Bertz CT molecular complexity index is 293. The second-order valence-electron chi connectivity index (χ2n) is 5.47. The molecule has 1 saturated heterocycles. The van der Waals surface area contributed by atoms with Gasteiger partial charge in [0.1, 0.15) is 6.61 Å². The molecule has 0 N–H and O–H groups in total. The zero-order chi connectivity index (χ0) is 17.3. The van der Waals surface area contributed by atoms with Crippen LogP contribution in [0.25, 0.3) is 0 Å². The molecule has 0 aromatic rings. The normalized spacial score (nSPS) is 17.8.